The van der Waals surface area contributed by atoms with Crippen molar-refractivity contribution in [3.63, 3.8) is 0 Å². The van der Waals surface area contributed by atoms with E-state index >= 15 is 0 Å². The van der Waals surface area contributed by atoms with Gasteiger partial charge in [-0.3, -0.25) is 4.79 Å². The Labute approximate surface area is 207 Å². The Hall–Kier alpha value is -2.80. The fraction of sp³-hybridized carbons (Fsp3) is 0.364. The molecule has 8 nitrogen and oxygen atoms in total. The Morgan fingerprint density at radius 3 is 2.69 bits per heavy atom. The molecule has 1 unspecified atom stereocenters. The summed E-state index contributed by atoms with van der Waals surface area (Å²) >= 11 is 7.28. The molecule has 4 rings (SSSR count). The highest BCUT2D eigenvalue weighted by Gasteiger charge is 2.34. The number of hydrogen-bond acceptors (Lipinski definition) is 8. The van der Waals surface area contributed by atoms with Crippen LogP contribution in [0.2, 0.25) is 4.34 Å². The number of morpholine rings is 1. The Morgan fingerprint density at radius 1 is 1.29 bits per heavy atom. The molecule has 1 aromatic carbocycles. The van der Waals surface area contributed by atoms with Crippen molar-refractivity contribution in [2.24, 2.45) is 0 Å². The van der Waals surface area contributed by atoms with Gasteiger partial charge in [-0.25, -0.2) is 15.0 Å². The SMILES string of the molecule is CC(NC(=O)c1cc(OC[C@@H]2CNCCO2)cc(-c2ncc(Cl)s2)c1)c1cnc(C(F)(F)F)nc1. The second-order valence-electron chi connectivity index (χ2n) is 7.76. The molecular weight excluding hydrogens is 507 g/mol. The van der Waals surface area contributed by atoms with Gasteiger partial charge in [0.1, 0.15) is 27.8 Å². The Balaban J connectivity index is 1.52. The van der Waals surface area contributed by atoms with E-state index in [0.717, 1.165) is 18.9 Å². The zero-order valence-electron chi connectivity index (χ0n) is 18.4. The minimum absolute atomic E-state index is 0.126. The number of nitrogens with zero attached hydrogens (tertiary/aromatic N) is 3. The molecular formula is C22H21ClF3N5O3S. The molecule has 0 bridgehead atoms. The molecule has 1 aliphatic heterocycles. The molecule has 0 spiro atoms. The molecule has 1 fully saturated rings. The molecule has 0 saturated carbocycles. The van der Waals surface area contributed by atoms with Gasteiger partial charge in [-0.05, 0) is 25.1 Å². The Morgan fingerprint density at radius 2 is 2.06 bits per heavy atom. The number of aromatic nitrogens is 3. The van der Waals surface area contributed by atoms with Gasteiger partial charge in [0.25, 0.3) is 5.91 Å². The highest BCUT2D eigenvalue weighted by atomic mass is 35.5. The molecule has 0 aliphatic carbocycles. The van der Waals surface area contributed by atoms with Gasteiger partial charge in [0, 0.05) is 42.2 Å². The highest BCUT2D eigenvalue weighted by molar-refractivity contribution is 7.18. The standard InChI is InChI=1S/C22H21ClF3N5O3S/c1-12(15-7-29-21(30-8-15)22(24,25)26)31-19(32)13-4-14(20-28-10-18(23)35-20)6-16(5-13)34-11-17-9-27-2-3-33-17/h4-8,10,12,17,27H,2-3,9,11H2,1H3,(H,31,32)/t12?,17-/m0/s1. The van der Waals surface area contributed by atoms with Crippen LogP contribution in [0.4, 0.5) is 13.2 Å². The fourth-order valence-electron chi connectivity index (χ4n) is 3.31. The summed E-state index contributed by atoms with van der Waals surface area (Å²) < 4.78 is 50.2. The lowest BCUT2D eigenvalue weighted by Crippen LogP contribution is -2.41. The molecule has 2 N–H and O–H groups in total. The first kappa shape index (κ1) is 25.3. The van der Waals surface area contributed by atoms with Crippen LogP contribution in [0.15, 0.2) is 36.8 Å². The monoisotopic (exact) mass is 527 g/mol. The first-order valence-electron chi connectivity index (χ1n) is 10.6. The molecule has 35 heavy (non-hydrogen) atoms. The molecule has 1 amide bonds. The van der Waals surface area contributed by atoms with Gasteiger partial charge >= 0.3 is 6.18 Å². The van der Waals surface area contributed by atoms with Gasteiger partial charge in [0.15, 0.2) is 0 Å². The van der Waals surface area contributed by atoms with Crippen LogP contribution in [0.3, 0.4) is 0 Å². The van der Waals surface area contributed by atoms with E-state index in [0.29, 0.717) is 39.4 Å². The number of amides is 1. The van der Waals surface area contributed by atoms with E-state index in [2.05, 4.69) is 25.6 Å². The lowest BCUT2D eigenvalue weighted by Gasteiger charge is -2.23. The average Bonchev–Trinajstić information content (AvgIpc) is 3.29. The zero-order valence-corrected chi connectivity index (χ0v) is 20.0. The van der Waals surface area contributed by atoms with Crippen molar-refractivity contribution >= 4 is 28.8 Å². The van der Waals surface area contributed by atoms with Crippen LogP contribution in [-0.2, 0) is 10.9 Å². The summed E-state index contributed by atoms with van der Waals surface area (Å²) in [4.78, 5) is 24.0. The molecule has 2 atom stereocenters. The van der Waals surface area contributed by atoms with Crippen molar-refractivity contribution < 1.29 is 27.4 Å². The summed E-state index contributed by atoms with van der Waals surface area (Å²) in [6, 6.07) is 4.34. The van der Waals surface area contributed by atoms with Crippen molar-refractivity contribution in [3.05, 3.63) is 58.1 Å². The van der Waals surface area contributed by atoms with E-state index in [1.165, 1.54) is 17.5 Å². The molecule has 13 heteroatoms. The third-order valence-corrected chi connectivity index (χ3v) is 6.27. The average molecular weight is 528 g/mol. The highest BCUT2D eigenvalue weighted by Crippen LogP contribution is 2.32. The minimum Gasteiger partial charge on any atom is -0.491 e. The van der Waals surface area contributed by atoms with Gasteiger partial charge in [-0.15, -0.1) is 11.3 Å². The number of rotatable bonds is 7. The van der Waals surface area contributed by atoms with Crippen LogP contribution in [0.5, 0.6) is 5.75 Å². The molecule has 186 valence electrons. The quantitative estimate of drug-likeness (QED) is 0.477. The summed E-state index contributed by atoms with van der Waals surface area (Å²) in [6.07, 6.45) is -1.16. The van der Waals surface area contributed by atoms with E-state index < -0.39 is 23.9 Å². The van der Waals surface area contributed by atoms with Gasteiger partial charge in [-0.1, -0.05) is 11.6 Å². The molecule has 2 aromatic heterocycles. The number of halogens is 4. The van der Waals surface area contributed by atoms with Crippen LogP contribution in [-0.4, -0.2) is 53.3 Å². The molecule has 3 aromatic rings. The maximum absolute atomic E-state index is 13.0. The van der Waals surface area contributed by atoms with Crippen LogP contribution in [0.25, 0.3) is 10.6 Å². The summed E-state index contributed by atoms with van der Waals surface area (Å²) in [5.41, 5.74) is 1.25. The van der Waals surface area contributed by atoms with Crippen LogP contribution in [0, 0.1) is 0 Å². The lowest BCUT2D eigenvalue weighted by atomic mass is 10.1. The van der Waals surface area contributed by atoms with E-state index in [1.54, 1.807) is 25.1 Å². The van der Waals surface area contributed by atoms with Crippen molar-refractivity contribution in [2.75, 3.05) is 26.3 Å². The maximum atomic E-state index is 13.0. The predicted molar refractivity (Wildman–Crippen MR) is 124 cm³/mol. The second-order valence-corrected chi connectivity index (χ2v) is 9.42. The minimum atomic E-state index is -4.64. The zero-order chi connectivity index (χ0) is 25.0. The number of alkyl halides is 3. The lowest BCUT2D eigenvalue weighted by molar-refractivity contribution is -0.145. The van der Waals surface area contributed by atoms with Crippen LogP contribution < -0.4 is 15.4 Å². The van der Waals surface area contributed by atoms with E-state index in [9.17, 15) is 18.0 Å². The van der Waals surface area contributed by atoms with E-state index in [1.807, 2.05) is 0 Å². The third kappa shape index (κ3) is 6.66. The first-order valence-corrected chi connectivity index (χ1v) is 11.8. The smallest absolute Gasteiger partial charge is 0.451 e. The number of carbonyl (C=O) groups excluding carboxylic acids is 1. The molecule has 0 radical (unpaired) electrons. The first-order chi connectivity index (χ1) is 16.7. The Kier molecular flexibility index (Phi) is 7.85. The van der Waals surface area contributed by atoms with Crippen molar-refractivity contribution in [2.45, 2.75) is 25.2 Å². The second kappa shape index (κ2) is 10.9. The normalized spacial score (nSPS) is 17.1. The van der Waals surface area contributed by atoms with Crippen molar-refractivity contribution in [3.8, 4) is 16.3 Å². The Bertz CT molecular complexity index is 1170. The topological polar surface area (TPSA) is 98.3 Å². The summed E-state index contributed by atoms with van der Waals surface area (Å²) in [5.74, 6) is -1.26. The molecule has 1 saturated heterocycles. The van der Waals surface area contributed by atoms with Crippen LogP contribution >= 0.6 is 22.9 Å². The van der Waals surface area contributed by atoms with Gasteiger partial charge in [0.05, 0.1) is 18.8 Å². The summed E-state index contributed by atoms with van der Waals surface area (Å²) in [5, 5.41) is 6.58. The third-order valence-electron chi connectivity index (χ3n) is 5.11. The van der Waals surface area contributed by atoms with Gasteiger partial charge in [-0.2, -0.15) is 13.2 Å². The number of nitrogens with one attached hydrogen (secondary N) is 2. The van der Waals surface area contributed by atoms with Crippen molar-refractivity contribution in [1.29, 1.82) is 0 Å². The summed E-state index contributed by atoms with van der Waals surface area (Å²) in [7, 11) is 0. The van der Waals surface area contributed by atoms with E-state index in [-0.39, 0.29) is 18.3 Å². The molecule has 3 heterocycles. The fourth-order valence-corrected chi connectivity index (χ4v) is 4.21. The maximum Gasteiger partial charge on any atom is 0.451 e. The largest absolute Gasteiger partial charge is 0.491 e. The number of carbonyl (C=O) groups is 1. The van der Waals surface area contributed by atoms with Gasteiger partial charge in [0.2, 0.25) is 5.82 Å². The van der Waals surface area contributed by atoms with Gasteiger partial charge < -0.3 is 20.1 Å². The summed E-state index contributed by atoms with van der Waals surface area (Å²) in [6.45, 7) is 3.94. The number of benzene rings is 1. The number of ether oxygens (including phenoxy) is 2. The van der Waals surface area contributed by atoms with Crippen LogP contribution in [0.1, 0.15) is 34.7 Å². The van der Waals surface area contributed by atoms with E-state index in [4.69, 9.17) is 21.1 Å². The predicted octanol–water partition coefficient (Wildman–Crippen LogP) is 4.13. The molecule has 1 aliphatic rings. The number of hydrogen-bond donors (Lipinski definition) is 2. The number of thiazole rings is 1. The van der Waals surface area contributed by atoms with Crippen molar-refractivity contribution in [1.82, 2.24) is 25.6 Å².